The average Bonchev–Trinajstić information content (AvgIpc) is 2.41. The van der Waals surface area contributed by atoms with E-state index in [2.05, 4.69) is 44.3 Å². The highest BCUT2D eigenvalue weighted by Gasteiger charge is 2.10. The van der Waals surface area contributed by atoms with E-state index in [0.717, 1.165) is 17.1 Å². The van der Waals surface area contributed by atoms with Gasteiger partial charge in [-0.2, -0.15) is 0 Å². The van der Waals surface area contributed by atoms with Crippen LogP contribution in [0.3, 0.4) is 0 Å². The molecule has 2 aromatic rings. The van der Waals surface area contributed by atoms with Crippen LogP contribution in [0.4, 0.5) is 0 Å². The number of rotatable bonds is 4. The first-order valence-electron chi connectivity index (χ1n) is 6.63. The third kappa shape index (κ3) is 3.15. The summed E-state index contributed by atoms with van der Waals surface area (Å²) in [5, 5.41) is 3.25. The molecule has 0 radical (unpaired) electrons. The smallest absolute Gasteiger partial charge is 0.132 e. The van der Waals surface area contributed by atoms with Crippen LogP contribution in [0.1, 0.15) is 29.7 Å². The zero-order chi connectivity index (χ0) is 13.8. The van der Waals surface area contributed by atoms with Gasteiger partial charge in [0.05, 0.1) is 0 Å². The van der Waals surface area contributed by atoms with Crippen LogP contribution >= 0.6 is 0 Å². The molecule has 0 bridgehead atoms. The molecule has 2 rings (SSSR count). The first kappa shape index (κ1) is 13.6. The molecule has 0 fully saturated rings. The highest BCUT2D eigenvalue weighted by atomic mass is 16.5. The molecule has 100 valence electrons. The molecule has 0 aliphatic carbocycles. The van der Waals surface area contributed by atoms with Crippen LogP contribution in [0.25, 0.3) is 0 Å². The molecule has 1 N–H and O–H groups in total. The molecule has 0 spiro atoms. The summed E-state index contributed by atoms with van der Waals surface area (Å²) in [5.74, 6) is 1.83. The predicted molar refractivity (Wildman–Crippen MR) is 79.9 cm³/mol. The van der Waals surface area contributed by atoms with Crippen molar-refractivity contribution in [1.82, 2.24) is 5.32 Å². The van der Waals surface area contributed by atoms with E-state index >= 15 is 0 Å². The summed E-state index contributed by atoms with van der Waals surface area (Å²) >= 11 is 0. The van der Waals surface area contributed by atoms with E-state index in [1.165, 1.54) is 11.1 Å². The van der Waals surface area contributed by atoms with Crippen molar-refractivity contribution in [1.29, 1.82) is 0 Å². The number of benzene rings is 2. The van der Waals surface area contributed by atoms with E-state index < -0.39 is 0 Å². The van der Waals surface area contributed by atoms with Crippen molar-refractivity contribution in [2.75, 3.05) is 7.05 Å². The maximum atomic E-state index is 6.08. The van der Waals surface area contributed by atoms with Crippen molar-refractivity contribution in [2.24, 2.45) is 0 Å². The zero-order valence-electron chi connectivity index (χ0n) is 12.0. The lowest BCUT2D eigenvalue weighted by Gasteiger charge is -2.17. The van der Waals surface area contributed by atoms with Crippen molar-refractivity contribution < 1.29 is 4.74 Å². The largest absolute Gasteiger partial charge is 0.457 e. The van der Waals surface area contributed by atoms with Gasteiger partial charge in [0.1, 0.15) is 11.5 Å². The Morgan fingerprint density at radius 2 is 1.74 bits per heavy atom. The van der Waals surface area contributed by atoms with Crippen LogP contribution in [0.15, 0.2) is 42.5 Å². The van der Waals surface area contributed by atoms with E-state index in [4.69, 9.17) is 4.74 Å². The van der Waals surface area contributed by atoms with Crippen LogP contribution in [0.5, 0.6) is 11.5 Å². The molecule has 19 heavy (non-hydrogen) atoms. The van der Waals surface area contributed by atoms with Gasteiger partial charge in [-0.25, -0.2) is 0 Å². The van der Waals surface area contributed by atoms with Crippen LogP contribution < -0.4 is 10.1 Å². The summed E-state index contributed by atoms with van der Waals surface area (Å²) in [7, 11) is 1.96. The Hall–Kier alpha value is -1.80. The Morgan fingerprint density at radius 1 is 1.00 bits per heavy atom. The summed E-state index contributed by atoms with van der Waals surface area (Å²) in [6, 6.07) is 14.7. The molecule has 0 saturated carbocycles. The van der Waals surface area contributed by atoms with Gasteiger partial charge in [0.2, 0.25) is 0 Å². The zero-order valence-corrected chi connectivity index (χ0v) is 12.0. The molecule has 0 saturated heterocycles. The lowest BCUT2D eigenvalue weighted by atomic mass is 10.1. The Morgan fingerprint density at radius 3 is 2.42 bits per heavy atom. The molecule has 1 unspecified atom stereocenters. The van der Waals surface area contributed by atoms with E-state index in [0.29, 0.717) is 0 Å². The van der Waals surface area contributed by atoms with Crippen molar-refractivity contribution in [2.45, 2.75) is 26.8 Å². The maximum absolute atomic E-state index is 6.08. The minimum atomic E-state index is 0.266. The van der Waals surface area contributed by atoms with E-state index in [-0.39, 0.29) is 6.04 Å². The highest BCUT2D eigenvalue weighted by Crippen LogP contribution is 2.31. The first-order valence-corrected chi connectivity index (χ1v) is 6.63. The number of hydrogen-bond acceptors (Lipinski definition) is 2. The van der Waals surface area contributed by atoms with Gasteiger partial charge in [0.25, 0.3) is 0 Å². The van der Waals surface area contributed by atoms with Gasteiger partial charge in [0, 0.05) is 11.6 Å². The lowest BCUT2D eigenvalue weighted by Crippen LogP contribution is -2.13. The summed E-state index contributed by atoms with van der Waals surface area (Å²) in [4.78, 5) is 0. The molecular formula is C17H21NO. The standard InChI is InChI=1S/C17H21NO/c1-12-9-10-16(13(2)11-12)19-17-8-6-5-7-15(17)14(3)18-4/h5-11,14,18H,1-4H3. The van der Waals surface area contributed by atoms with E-state index in [9.17, 15) is 0 Å². The Balaban J connectivity index is 2.33. The molecule has 0 aliphatic heterocycles. The minimum Gasteiger partial charge on any atom is -0.457 e. The summed E-state index contributed by atoms with van der Waals surface area (Å²) in [6.07, 6.45) is 0. The van der Waals surface area contributed by atoms with Crippen molar-refractivity contribution in [3.05, 3.63) is 59.2 Å². The normalized spacial score (nSPS) is 12.2. The molecule has 0 aliphatic rings. The fourth-order valence-corrected chi connectivity index (χ4v) is 2.12. The quantitative estimate of drug-likeness (QED) is 0.875. The van der Waals surface area contributed by atoms with Crippen LogP contribution in [0.2, 0.25) is 0 Å². The van der Waals surface area contributed by atoms with Gasteiger partial charge in [-0.05, 0) is 45.5 Å². The van der Waals surface area contributed by atoms with Gasteiger partial charge in [-0.3, -0.25) is 0 Å². The Kier molecular flexibility index (Phi) is 4.23. The van der Waals surface area contributed by atoms with Crippen molar-refractivity contribution >= 4 is 0 Å². The number of para-hydroxylation sites is 1. The van der Waals surface area contributed by atoms with Gasteiger partial charge in [-0.15, -0.1) is 0 Å². The molecule has 0 heterocycles. The van der Waals surface area contributed by atoms with E-state index in [1.54, 1.807) is 0 Å². The number of aryl methyl sites for hydroxylation is 2. The van der Waals surface area contributed by atoms with Crippen LogP contribution in [0, 0.1) is 13.8 Å². The summed E-state index contributed by atoms with van der Waals surface area (Å²) in [6.45, 7) is 6.30. The second-order valence-electron chi connectivity index (χ2n) is 4.92. The topological polar surface area (TPSA) is 21.3 Å². The molecule has 2 nitrogen and oxygen atoms in total. The number of nitrogens with one attached hydrogen (secondary N) is 1. The monoisotopic (exact) mass is 255 g/mol. The van der Waals surface area contributed by atoms with Gasteiger partial charge in [-0.1, -0.05) is 35.9 Å². The van der Waals surface area contributed by atoms with Crippen molar-refractivity contribution in [3.8, 4) is 11.5 Å². The van der Waals surface area contributed by atoms with Crippen molar-refractivity contribution in [3.63, 3.8) is 0 Å². The second-order valence-corrected chi connectivity index (χ2v) is 4.92. The molecule has 0 aromatic heterocycles. The molecule has 1 atom stereocenters. The van der Waals surface area contributed by atoms with E-state index in [1.807, 2.05) is 31.3 Å². The van der Waals surface area contributed by atoms with Gasteiger partial charge < -0.3 is 10.1 Å². The molecular weight excluding hydrogens is 234 g/mol. The number of ether oxygens (including phenoxy) is 1. The lowest BCUT2D eigenvalue weighted by molar-refractivity contribution is 0.463. The van der Waals surface area contributed by atoms with Crippen LogP contribution in [-0.2, 0) is 0 Å². The average molecular weight is 255 g/mol. The Bertz CT molecular complexity index is 563. The van der Waals surface area contributed by atoms with Gasteiger partial charge in [0.15, 0.2) is 0 Å². The molecule has 0 amide bonds. The second kappa shape index (κ2) is 5.89. The molecule has 2 aromatic carbocycles. The number of hydrogen-bond donors (Lipinski definition) is 1. The summed E-state index contributed by atoms with van der Waals surface area (Å²) in [5.41, 5.74) is 3.58. The third-order valence-electron chi connectivity index (χ3n) is 3.37. The SMILES string of the molecule is CNC(C)c1ccccc1Oc1ccc(C)cc1C. The highest BCUT2D eigenvalue weighted by molar-refractivity contribution is 5.43. The fourth-order valence-electron chi connectivity index (χ4n) is 2.12. The maximum Gasteiger partial charge on any atom is 0.132 e. The molecule has 2 heteroatoms. The first-order chi connectivity index (χ1) is 9.11. The summed E-state index contributed by atoms with van der Waals surface area (Å²) < 4.78 is 6.08. The third-order valence-corrected chi connectivity index (χ3v) is 3.37. The van der Waals surface area contributed by atoms with Crippen LogP contribution in [-0.4, -0.2) is 7.05 Å². The predicted octanol–water partition coefficient (Wildman–Crippen LogP) is 4.38. The Labute approximate surface area is 115 Å². The fraction of sp³-hybridized carbons (Fsp3) is 0.294. The minimum absolute atomic E-state index is 0.266. The van der Waals surface area contributed by atoms with Gasteiger partial charge >= 0.3 is 0 Å².